The molecule has 0 aliphatic heterocycles. The van der Waals surface area contributed by atoms with Crippen molar-refractivity contribution >= 4 is 5.69 Å². The SMILES string of the molecule is CCNC(C)c1ccn(Cc2ccc([N+](=O)[O-])cc2)c1. The minimum absolute atomic E-state index is 0.128. The fraction of sp³-hybridized carbons (Fsp3) is 0.333. The summed E-state index contributed by atoms with van der Waals surface area (Å²) in [6, 6.07) is 9.11. The highest BCUT2D eigenvalue weighted by atomic mass is 16.6. The van der Waals surface area contributed by atoms with E-state index >= 15 is 0 Å². The van der Waals surface area contributed by atoms with Crippen molar-refractivity contribution in [1.82, 2.24) is 9.88 Å². The van der Waals surface area contributed by atoms with Crippen molar-refractivity contribution in [1.29, 1.82) is 0 Å². The Morgan fingerprint density at radius 2 is 2.00 bits per heavy atom. The van der Waals surface area contributed by atoms with E-state index < -0.39 is 0 Å². The lowest BCUT2D eigenvalue weighted by Gasteiger charge is -2.10. The smallest absolute Gasteiger partial charge is 0.269 e. The molecule has 1 aromatic carbocycles. The van der Waals surface area contributed by atoms with Crippen LogP contribution in [0.15, 0.2) is 42.7 Å². The van der Waals surface area contributed by atoms with Crippen LogP contribution in [0.2, 0.25) is 0 Å². The van der Waals surface area contributed by atoms with Crippen molar-refractivity contribution in [3.05, 3.63) is 64.0 Å². The zero-order valence-corrected chi connectivity index (χ0v) is 11.7. The van der Waals surface area contributed by atoms with E-state index in [0.717, 1.165) is 18.7 Å². The topological polar surface area (TPSA) is 60.1 Å². The fourth-order valence-electron chi connectivity index (χ4n) is 2.17. The molecule has 1 heterocycles. The number of hydrogen-bond donors (Lipinski definition) is 1. The van der Waals surface area contributed by atoms with Gasteiger partial charge in [0.25, 0.3) is 5.69 Å². The third-order valence-corrected chi connectivity index (χ3v) is 3.30. The molecule has 0 amide bonds. The Kier molecular flexibility index (Phi) is 4.53. The van der Waals surface area contributed by atoms with Crippen LogP contribution in [0, 0.1) is 10.1 Å². The standard InChI is InChI=1S/C15H19N3O2/c1-3-16-12(2)14-8-9-17(11-14)10-13-4-6-15(7-5-13)18(19)20/h4-9,11-12,16H,3,10H2,1-2H3. The predicted octanol–water partition coefficient (Wildman–Crippen LogP) is 3.12. The van der Waals surface area contributed by atoms with Crippen LogP contribution in [0.25, 0.3) is 0 Å². The molecule has 0 bridgehead atoms. The molecular formula is C15H19N3O2. The molecule has 1 N–H and O–H groups in total. The number of hydrogen-bond acceptors (Lipinski definition) is 3. The minimum Gasteiger partial charge on any atom is -0.350 e. The highest BCUT2D eigenvalue weighted by Gasteiger charge is 2.07. The zero-order chi connectivity index (χ0) is 14.5. The molecule has 5 heteroatoms. The van der Waals surface area contributed by atoms with Crippen molar-refractivity contribution in [3.63, 3.8) is 0 Å². The number of nitro groups is 1. The van der Waals surface area contributed by atoms with Crippen LogP contribution >= 0.6 is 0 Å². The monoisotopic (exact) mass is 273 g/mol. The summed E-state index contributed by atoms with van der Waals surface area (Å²) in [5.41, 5.74) is 2.42. The highest BCUT2D eigenvalue weighted by molar-refractivity contribution is 5.33. The van der Waals surface area contributed by atoms with Crippen LogP contribution in [0.5, 0.6) is 0 Å². The van der Waals surface area contributed by atoms with Gasteiger partial charge in [0.15, 0.2) is 0 Å². The predicted molar refractivity (Wildman–Crippen MR) is 78.7 cm³/mol. The summed E-state index contributed by atoms with van der Waals surface area (Å²) in [6.45, 7) is 5.88. The summed E-state index contributed by atoms with van der Waals surface area (Å²) in [5, 5.41) is 14.0. The van der Waals surface area contributed by atoms with Gasteiger partial charge in [0, 0.05) is 37.1 Å². The fourth-order valence-corrected chi connectivity index (χ4v) is 2.17. The van der Waals surface area contributed by atoms with Gasteiger partial charge in [-0.15, -0.1) is 0 Å². The lowest BCUT2D eigenvalue weighted by molar-refractivity contribution is -0.384. The lowest BCUT2D eigenvalue weighted by Crippen LogP contribution is -2.17. The first-order chi connectivity index (χ1) is 9.60. The second-order valence-corrected chi connectivity index (χ2v) is 4.82. The number of aromatic nitrogens is 1. The van der Waals surface area contributed by atoms with Gasteiger partial charge in [0.1, 0.15) is 0 Å². The molecule has 0 saturated heterocycles. The van der Waals surface area contributed by atoms with Crippen molar-refractivity contribution in [2.75, 3.05) is 6.54 Å². The summed E-state index contributed by atoms with van der Waals surface area (Å²) in [4.78, 5) is 10.2. The summed E-state index contributed by atoms with van der Waals surface area (Å²) < 4.78 is 2.09. The van der Waals surface area contributed by atoms with E-state index in [0.29, 0.717) is 6.04 Å². The van der Waals surface area contributed by atoms with Gasteiger partial charge < -0.3 is 9.88 Å². The molecule has 0 aliphatic carbocycles. The van der Waals surface area contributed by atoms with Crippen molar-refractivity contribution < 1.29 is 4.92 Å². The molecule has 2 aromatic rings. The normalized spacial score (nSPS) is 12.3. The number of non-ortho nitro benzene ring substituents is 1. The first-order valence-electron chi connectivity index (χ1n) is 6.72. The molecule has 0 radical (unpaired) electrons. The largest absolute Gasteiger partial charge is 0.350 e. The molecule has 0 spiro atoms. The first-order valence-corrected chi connectivity index (χ1v) is 6.72. The van der Waals surface area contributed by atoms with Gasteiger partial charge in [0.2, 0.25) is 0 Å². The van der Waals surface area contributed by atoms with Gasteiger partial charge in [-0.25, -0.2) is 0 Å². The first kappa shape index (κ1) is 14.3. The molecule has 2 rings (SSSR count). The second kappa shape index (κ2) is 6.34. The number of nitro benzene ring substituents is 1. The van der Waals surface area contributed by atoms with Crippen molar-refractivity contribution in [3.8, 4) is 0 Å². The zero-order valence-electron chi connectivity index (χ0n) is 11.7. The number of rotatable bonds is 6. The molecule has 0 fully saturated rings. The molecule has 0 saturated carbocycles. The lowest BCUT2D eigenvalue weighted by atomic mass is 10.2. The van der Waals surface area contributed by atoms with Crippen LogP contribution in [-0.2, 0) is 6.54 Å². The van der Waals surface area contributed by atoms with E-state index in [1.54, 1.807) is 24.3 Å². The van der Waals surface area contributed by atoms with Crippen LogP contribution in [0.4, 0.5) is 5.69 Å². The molecule has 1 unspecified atom stereocenters. The third-order valence-electron chi connectivity index (χ3n) is 3.30. The van der Waals surface area contributed by atoms with Gasteiger partial charge >= 0.3 is 0 Å². The van der Waals surface area contributed by atoms with Crippen LogP contribution < -0.4 is 5.32 Å². The second-order valence-electron chi connectivity index (χ2n) is 4.82. The van der Waals surface area contributed by atoms with Crippen LogP contribution in [0.3, 0.4) is 0 Å². The van der Waals surface area contributed by atoms with Crippen molar-refractivity contribution in [2.24, 2.45) is 0 Å². The molecule has 20 heavy (non-hydrogen) atoms. The van der Waals surface area contributed by atoms with E-state index in [-0.39, 0.29) is 10.6 Å². The van der Waals surface area contributed by atoms with E-state index in [2.05, 4.69) is 36.0 Å². The van der Waals surface area contributed by atoms with Gasteiger partial charge in [-0.3, -0.25) is 10.1 Å². The maximum Gasteiger partial charge on any atom is 0.269 e. The molecular weight excluding hydrogens is 254 g/mol. The Hall–Kier alpha value is -2.14. The Labute approximate surface area is 118 Å². The van der Waals surface area contributed by atoms with E-state index in [4.69, 9.17) is 0 Å². The molecule has 0 aliphatic rings. The van der Waals surface area contributed by atoms with Crippen LogP contribution in [-0.4, -0.2) is 16.0 Å². The van der Waals surface area contributed by atoms with E-state index in [1.165, 1.54) is 5.56 Å². The Balaban J connectivity index is 2.04. The molecule has 1 aromatic heterocycles. The van der Waals surface area contributed by atoms with Crippen molar-refractivity contribution in [2.45, 2.75) is 26.4 Å². The summed E-state index contributed by atoms with van der Waals surface area (Å²) in [7, 11) is 0. The Bertz CT molecular complexity index is 575. The molecule has 5 nitrogen and oxygen atoms in total. The summed E-state index contributed by atoms with van der Waals surface area (Å²) in [6.07, 6.45) is 4.14. The van der Waals surface area contributed by atoms with Crippen LogP contribution in [0.1, 0.15) is 31.0 Å². The average molecular weight is 273 g/mol. The van der Waals surface area contributed by atoms with Gasteiger partial charge in [-0.2, -0.15) is 0 Å². The van der Waals surface area contributed by atoms with E-state index in [9.17, 15) is 10.1 Å². The van der Waals surface area contributed by atoms with Gasteiger partial charge in [0.05, 0.1) is 4.92 Å². The number of nitrogens with one attached hydrogen (secondary N) is 1. The minimum atomic E-state index is -0.379. The summed E-state index contributed by atoms with van der Waals surface area (Å²) >= 11 is 0. The maximum atomic E-state index is 10.6. The Morgan fingerprint density at radius 1 is 1.30 bits per heavy atom. The number of nitrogens with zero attached hydrogens (tertiary/aromatic N) is 2. The third kappa shape index (κ3) is 3.45. The Morgan fingerprint density at radius 3 is 2.60 bits per heavy atom. The average Bonchev–Trinajstić information content (AvgIpc) is 2.88. The van der Waals surface area contributed by atoms with E-state index in [1.807, 2.05) is 6.20 Å². The molecule has 106 valence electrons. The van der Waals surface area contributed by atoms with Gasteiger partial charge in [-0.05, 0) is 30.7 Å². The summed E-state index contributed by atoms with van der Waals surface area (Å²) in [5.74, 6) is 0. The van der Waals surface area contributed by atoms with Gasteiger partial charge in [-0.1, -0.05) is 19.1 Å². The quantitative estimate of drug-likeness (QED) is 0.650. The highest BCUT2D eigenvalue weighted by Crippen LogP contribution is 2.16. The molecule has 1 atom stereocenters. The maximum absolute atomic E-state index is 10.6. The number of benzene rings is 1.